The minimum absolute atomic E-state index is 0.0771. The van der Waals surface area contributed by atoms with Gasteiger partial charge in [-0.05, 0) is 17.5 Å². The number of hydrogen-bond acceptors (Lipinski definition) is 2. The number of carboxylic acid groups (broad SMARTS) is 1. The van der Waals surface area contributed by atoms with Crippen molar-refractivity contribution in [1.29, 1.82) is 0 Å². The zero-order valence-corrected chi connectivity index (χ0v) is 11.2. The lowest BCUT2D eigenvalue weighted by molar-refractivity contribution is -0.136. The van der Waals surface area contributed by atoms with Gasteiger partial charge in [0.1, 0.15) is 0 Å². The molecule has 0 unspecified atom stereocenters. The van der Waals surface area contributed by atoms with Crippen LogP contribution in [0.25, 0.3) is 0 Å². The van der Waals surface area contributed by atoms with Gasteiger partial charge in [0.05, 0.1) is 12.5 Å². The van der Waals surface area contributed by atoms with Crippen molar-refractivity contribution < 1.29 is 14.6 Å². The van der Waals surface area contributed by atoms with Gasteiger partial charge in [-0.1, -0.05) is 50.5 Å². The highest BCUT2D eigenvalue weighted by atomic mass is 16.5. The van der Waals surface area contributed by atoms with E-state index in [1.165, 1.54) is 12.8 Å². The lowest BCUT2D eigenvalue weighted by Gasteiger charge is -2.15. The molecule has 1 rings (SSSR count). The summed E-state index contributed by atoms with van der Waals surface area (Å²) in [7, 11) is 1.72. The van der Waals surface area contributed by atoms with Crippen molar-refractivity contribution in [3.05, 3.63) is 35.4 Å². The molecular formula is C15H22O3. The van der Waals surface area contributed by atoms with Gasteiger partial charge in [0.2, 0.25) is 0 Å². The maximum absolute atomic E-state index is 10.6. The summed E-state index contributed by atoms with van der Waals surface area (Å²) in [5.41, 5.74) is 1.96. The van der Waals surface area contributed by atoms with Crippen LogP contribution in [0.3, 0.4) is 0 Å². The summed E-state index contributed by atoms with van der Waals surface area (Å²) >= 11 is 0. The SMILES string of the molecule is CCCCC[C@H](OC)c1ccc(CC(=O)O)cc1. The summed E-state index contributed by atoms with van der Waals surface area (Å²) < 4.78 is 5.49. The first kappa shape index (κ1) is 14.7. The summed E-state index contributed by atoms with van der Waals surface area (Å²) in [4.78, 5) is 10.6. The fourth-order valence-corrected chi connectivity index (χ4v) is 2.03. The topological polar surface area (TPSA) is 46.5 Å². The molecule has 0 aliphatic carbocycles. The van der Waals surface area contributed by atoms with Crippen molar-refractivity contribution in [2.24, 2.45) is 0 Å². The molecule has 0 bridgehead atoms. The van der Waals surface area contributed by atoms with E-state index in [0.717, 1.165) is 24.0 Å². The highest BCUT2D eigenvalue weighted by Crippen LogP contribution is 2.23. The smallest absolute Gasteiger partial charge is 0.307 e. The van der Waals surface area contributed by atoms with Crippen molar-refractivity contribution >= 4 is 5.97 Å². The molecule has 1 atom stereocenters. The molecule has 0 amide bonds. The molecule has 0 radical (unpaired) electrons. The fourth-order valence-electron chi connectivity index (χ4n) is 2.03. The molecule has 1 aromatic carbocycles. The second kappa shape index (κ2) is 7.88. The van der Waals surface area contributed by atoms with E-state index < -0.39 is 5.97 Å². The standard InChI is InChI=1S/C15H22O3/c1-3-4-5-6-14(18-2)13-9-7-12(8-10-13)11-15(16)17/h7-10,14H,3-6,11H2,1-2H3,(H,16,17)/t14-/m0/s1. The van der Waals surface area contributed by atoms with Crippen molar-refractivity contribution in [3.8, 4) is 0 Å². The monoisotopic (exact) mass is 250 g/mol. The first-order chi connectivity index (χ1) is 8.67. The highest BCUT2D eigenvalue weighted by molar-refractivity contribution is 5.70. The number of benzene rings is 1. The number of rotatable bonds is 8. The van der Waals surface area contributed by atoms with Gasteiger partial charge in [-0.15, -0.1) is 0 Å². The van der Waals surface area contributed by atoms with E-state index in [9.17, 15) is 4.79 Å². The molecule has 3 nitrogen and oxygen atoms in total. The second-order valence-corrected chi connectivity index (χ2v) is 4.53. The Labute approximate surface area is 109 Å². The van der Waals surface area contributed by atoms with Gasteiger partial charge in [-0.2, -0.15) is 0 Å². The van der Waals surface area contributed by atoms with Crippen LogP contribution in [-0.2, 0) is 16.0 Å². The van der Waals surface area contributed by atoms with Crippen molar-refractivity contribution in [3.63, 3.8) is 0 Å². The molecule has 100 valence electrons. The Balaban J connectivity index is 2.60. The normalized spacial score (nSPS) is 12.3. The molecule has 3 heteroatoms. The molecule has 1 N–H and O–H groups in total. The Morgan fingerprint density at radius 2 is 1.94 bits per heavy atom. The predicted molar refractivity (Wildman–Crippen MR) is 71.7 cm³/mol. The zero-order valence-electron chi connectivity index (χ0n) is 11.2. The Morgan fingerprint density at radius 3 is 2.44 bits per heavy atom. The highest BCUT2D eigenvalue weighted by Gasteiger charge is 2.10. The Bertz CT molecular complexity index is 357. The Hall–Kier alpha value is -1.35. The van der Waals surface area contributed by atoms with Crippen LogP contribution in [0.1, 0.15) is 49.8 Å². The van der Waals surface area contributed by atoms with Crippen LogP contribution in [0.15, 0.2) is 24.3 Å². The van der Waals surface area contributed by atoms with Crippen LogP contribution in [0, 0.1) is 0 Å². The van der Waals surface area contributed by atoms with E-state index in [2.05, 4.69) is 6.92 Å². The predicted octanol–water partition coefficient (Wildman–Crippen LogP) is 3.58. The molecule has 1 aromatic rings. The molecule has 0 aromatic heterocycles. The number of carbonyl (C=O) groups is 1. The average molecular weight is 250 g/mol. The van der Waals surface area contributed by atoms with Crippen LogP contribution in [0.2, 0.25) is 0 Å². The minimum Gasteiger partial charge on any atom is -0.481 e. The fraction of sp³-hybridized carbons (Fsp3) is 0.533. The average Bonchev–Trinajstić information content (AvgIpc) is 2.35. The van der Waals surface area contributed by atoms with Crippen LogP contribution in [-0.4, -0.2) is 18.2 Å². The maximum Gasteiger partial charge on any atom is 0.307 e. The van der Waals surface area contributed by atoms with E-state index in [1.54, 1.807) is 7.11 Å². The van der Waals surface area contributed by atoms with Crippen LogP contribution in [0.4, 0.5) is 0 Å². The number of carboxylic acids is 1. The Morgan fingerprint density at radius 1 is 1.28 bits per heavy atom. The van der Waals surface area contributed by atoms with Gasteiger partial charge >= 0.3 is 5.97 Å². The molecular weight excluding hydrogens is 228 g/mol. The molecule has 0 saturated heterocycles. The lowest BCUT2D eigenvalue weighted by Crippen LogP contribution is -2.03. The third-order valence-corrected chi connectivity index (χ3v) is 3.06. The molecule has 0 aliphatic rings. The number of methoxy groups -OCH3 is 1. The summed E-state index contributed by atoms with van der Waals surface area (Å²) in [6, 6.07) is 7.68. The van der Waals surface area contributed by atoms with E-state index >= 15 is 0 Å². The van der Waals surface area contributed by atoms with E-state index in [-0.39, 0.29) is 12.5 Å². The van der Waals surface area contributed by atoms with E-state index in [1.807, 2.05) is 24.3 Å². The van der Waals surface area contributed by atoms with Gasteiger partial charge in [0.25, 0.3) is 0 Å². The van der Waals surface area contributed by atoms with Gasteiger partial charge in [-0.25, -0.2) is 0 Å². The molecule has 18 heavy (non-hydrogen) atoms. The van der Waals surface area contributed by atoms with Crippen molar-refractivity contribution in [2.75, 3.05) is 7.11 Å². The lowest BCUT2D eigenvalue weighted by atomic mass is 10.0. The molecule has 0 saturated carbocycles. The van der Waals surface area contributed by atoms with Gasteiger partial charge in [0.15, 0.2) is 0 Å². The Kier molecular flexibility index (Phi) is 6.44. The van der Waals surface area contributed by atoms with Gasteiger partial charge in [-0.3, -0.25) is 4.79 Å². The summed E-state index contributed by atoms with van der Waals surface area (Å²) in [5.74, 6) is -0.797. The number of unbranched alkanes of at least 4 members (excludes halogenated alkanes) is 2. The van der Waals surface area contributed by atoms with E-state index in [4.69, 9.17) is 9.84 Å². The summed E-state index contributed by atoms with van der Waals surface area (Å²) in [6.07, 6.45) is 4.79. The number of hydrogen-bond donors (Lipinski definition) is 1. The number of ether oxygens (including phenoxy) is 1. The third kappa shape index (κ3) is 4.88. The molecule has 0 fully saturated rings. The first-order valence-electron chi connectivity index (χ1n) is 6.50. The van der Waals surface area contributed by atoms with Crippen LogP contribution in [0.5, 0.6) is 0 Å². The summed E-state index contributed by atoms with van der Waals surface area (Å²) in [5, 5.41) is 8.71. The van der Waals surface area contributed by atoms with Gasteiger partial charge < -0.3 is 9.84 Å². The third-order valence-electron chi connectivity index (χ3n) is 3.06. The van der Waals surface area contributed by atoms with E-state index in [0.29, 0.717) is 0 Å². The maximum atomic E-state index is 10.6. The largest absolute Gasteiger partial charge is 0.481 e. The van der Waals surface area contributed by atoms with Crippen LogP contribution < -0.4 is 0 Å². The summed E-state index contributed by atoms with van der Waals surface area (Å²) in [6.45, 7) is 2.18. The second-order valence-electron chi connectivity index (χ2n) is 4.53. The van der Waals surface area contributed by atoms with Crippen molar-refractivity contribution in [1.82, 2.24) is 0 Å². The minimum atomic E-state index is -0.797. The van der Waals surface area contributed by atoms with Crippen LogP contribution >= 0.6 is 0 Å². The quantitative estimate of drug-likeness (QED) is 0.717. The molecule has 0 spiro atoms. The van der Waals surface area contributed by atoms with Crippen molar-refractivity contribution in [2.45, 2.75) is 45.1 Å². The first-order valence-corrected chi connectivity index (χ1v) is 6.50. The molecule has 0 aliphatic heterocycles. The molecule has 0 heterocycles. The number of aliphatic carboxylic acids is 1. The van der Waals surface area contributed by atoms with Gasteiger partial charge in [0, 0.05) is 7.11 Å². The zero-order chi connectivity index (χ0) is 13.4.